The number of ether oxygens (including phenoxy) is 1. The first-order valence-corrected chi connectivity index (χ1v) is 8.86. The number of benzene rings is 3. The van der Waals surface area contributed by atoms with Gasteiger partial charge in [-0.15, -0.1) is 0 Å². The SMILES string of the molecule is CCOC(=O)/C=C/c1ccc(CNC(=O)c2ccc3ccccc3c2)cc1. The molecule has 0 saturated carbocycles. The molecule has 1 N–H and O–H groups in total. The van der Waals surface area contributed by atoms with Crippen molar-refractivity contribution in [1.29, 1.82) is 0 Å². The molecule has 0 aliphatic rings. The molecule has 0 atom stereocenters. The summed E-state index contributed by atoms with van der Waals surface area (Å²) in [7, 11) is 0. The molecular weight excluding hydrogens is 338 g/mol. The summed E-state index contributed by atoms with van der Waals surface area (Å²) in [6.07, 6.45) is 3.11. The van der Waals surface area contributed by atoms with Crippen molar-refractivity contribution in [3.8, 4) is 0 Å². The van der Waals surface area contributed by atoms with Gasteiger partial charge in [-0.25, -0.2) is 4.79 Å². The Bertz CT molecular complexity index is 974. The van der Waals surface area contributed by atoms with E-state index in [1.807, 2.05) is 66.7 Å². The molecule has 0 aliphatic carbocycles. The van der Waals surface area contributed by atoms with Crippen LogP contribution in [0.3, 0.4) is 0 Å². The third-order valence-corrected chi connectivity index (χ3v) is 4.14. The van der Waals surface area contributed by atoms with Crippen molar-refractivity contribution in [3.63, 3.8) is 0 Å². The molecule has 3 rings (SSSR count). The van der Waals surface area contributed by atoms with Crippen molar-refractivity contribution in [2.24, 2.45) is 0 Å². The zero-order valence-electron chi connectivity index (χ0n) is 15.1. The van der Waals surface area contributed by atoms with E-state index in [1.165, 1.54) is 6.08 Å². The second-order valence-electron chi connectivity index (χ2n) is 6.07. The van der Waals surface area contributed by atoms with Crippen LogP contribution >= 0.6 is 0 Å². The van der Waals surface area contributed by atoms with Crippen LogP contribution in [0.15, 0.2) is 72.8 Å². The van der Waals surface area contributed by atoms with E-state index in [2.05, 4.69) is 5.32 Å². The van der Waals surface area contributed by atoms with Crippen LogP contribution in [0.1, 0.15) is 28.4 Å². The minimum atomic E-state index is -0.357. The van der Waals surface area contributed by atoms with Crippen LogP contribution in [0.5, 0.6) is 0 Å². The van der Waals surface area contributed by atoms with Crippen LogP contribution in [0.4, 0.5) is 0 Å². The van der Waals surface area contributed by atoms with Crippen LogP contribution < -0.4 is 5.32 Å². The number of carbonyl (C=O) groups excluding carboxylic acids is 2. The van der Waals surface area contributed by atoms with Crippen LogP contribution in [0, 0.1) is 0 Å². The number of rotatable bonds is 6. The standard InChI is InChI=1S/C23H21NO3/c1-2-27-22(25)14-11-17-7-9-18(10-8-17)16-24-23(26)21-13-12-19-5-3-4-6-20(19)15-21/h3-15H,2,16H2,1H3,(H,24,26)/b14-11+. The molecule has 3 aromatic rings. The summed E-state index contributed by atoms with van der Waals surface area (Å²) in [6.45, 7) is 2.57. The maximum absolute atomic E-state index is 12.4. The lowest BCUT2D eigenvalue weighted by Gasteiger charge is -2.07. The summed E-state index contributed by atoms with van der Waals surface area (Å²) in [5.41, 5.74) is 2.52. The first kappa shape index (κ1) is 18.4. The second kappa shape index (κ2) is 8.81. The van der Waals surface area contributed by atoms with Crippen molar-refractivity contribution in [2.45, 2.75) is 13.5 Å². The van der Waals surface area contributed by atoms with Crippen LogP contribution in [-0.4, -0.2) is 18.5 Å². The minimum Gasteiger partial charge on any atom is -0.463 e. The fourth-order valence-corrected chi connectivity index (χ4v) is 2.72. The highest BCUT2D eigenvalue weighted by molar-refractivity contribution is 5.98. The summed E-state index contributed by atoms with van der Waals surface area (Å²) >= 11 is 0. The highest BCUT2D eigenvalue weighted by Crippen LogP contribution is 2.15. The number of esters is 1. The molecule has 1 amide bonds. The number of fused-ring (bicyclic) bond motifs is 1. The largest absolute Gasteiger partial charge is 0.463 e. The Hall–Kier alpha value is -3.40. The van der Waals surface area contributed by atoms with Gasteiger partial charge in [-0.3, -0.25) is 4.79 Å². The predicted molar refractivity (Wildman–Crippen MR) is 107 cm³/mol. The molecule has 0 radical (unpaired) electrons. The fourth-order valence-electron chi connectivity index (χ4n) is 2.72. The maximum atomic E-state index is 12.4. The van der Waals surface area contributed by atoms with Crippen molar-refractivity contribution < 1.29 is 14.3 Å². The topological polar surface area (TPSA) is 55.4 Å². The van der Waals surface area contributed by atoms with E-state index in [4.69, 9.17) is 4.74 Å². The number of nitrogens with one attached hydrogen (secondary N) is 1. The quantitative estimate of drug-likeness (QED) is 0.526. The average Bonchev–Trinajstić information content (AvgIpc) is 2.71. The van der Waals surface area contributed by atoms with Gasteiger partial charge in [-0.05, 0) is 47.0 Å². The summed E-state index contributed by atoms with van der Waals surface area (Å²) < 4.78 is 4.85. The molecule has 0 saturated heterocycles. The Morgan fingerprint density at radius 2 is 1.70 bits per heavy atom. The Kier molecular flexibility index (Phi) is 6.00. The van der Waals surface area contributed by atoms with Gasteiger partial charge >= 0.3 is 5.97 Å². The Morgan fingerprint density at radius 1 is 0.963 bits per heavy atom. The number of carbonyl (C=O) groups is 2. The summed E-state index contributed by atoms with van der Waals surface area (Å²) in [6, 6.07) is 21.3. The van der Waals surface area contributed by atoms with E-state index in [9.17, 15) is 9.59 Å². The van der Waals surface area contributed by atoms with E-state index < -0.39 is 0 Å². The average molecular weight is 359 g/mol. The lowest BCUT2D eigenvalue weighted by molar-refractivity contribution is -0.137. The molecule has 0 unspecified atom stereocenters. The van der Waals surface area contributed by atoms with E-state index >= 15 is 0 Å². The van der Waals surface area contributed by atoms with E-state index in [-0.39, 0.29) is 11.9 Å². The summed E-state index contributed by atoms with van der Waals surface area (Å²) in [5, 5.41) is 5.09. The van der Waals surface area contributed by atoms with Gasteiger partial charge in [-0.2, -0.15) is 0 Å². The normalized spacial score (nSPS) is 10.9. The second-order valence-corrected chi connectivity index (χ2v) is 6.07. The summed E-state index contributed by atoms with van der Waals surface area (Å²) in [5.74, 6) is -0.462. The zero-order chi connectivity index (χ0) is 19.1. The first-order valence-electron chi connectivity index (χ1n) is 8.86. The number of hydrogen-bond acceptors (Lipinski definition) is 3. The smallest absolute Gasteiger partial charge is 0.330 e. The molecular formula is C23H21NO3. The Morgan fingerprint density at radius 3 is 2.44 bits per heavy atom. The Balaban J connectivity index is 1.58. The van der Waals surface area contributed by atoms with Crippen LogP contribution in [0.2, 0.25) is 0 Å². The summed E-state index contributed by atoms with van der Waals surface area (Å²) in [4.78, 5) is 23.7. The number of amides is 1. The van der Waals surface area contributed by atoms with Gasteiger partial charge in [0, 0.05) is 18.2 Å². The molecule has 4 nitrogen and oxygen atoms in total. The van der Waals surface area contributed by atoms with Gasteiger partial charge in [0.25, 0.3) is 5.91 Å². The van der Waals surface area contributed by atoms with Crippen molar-refractivity contribution in [2.75, 3.05) is 6.61 Å². The molecule has 27 heavy (non-hydrogen) atoms. The number of hydrogen-bond donors (Lipinski definition) is 1. The van der Waals surface area contributed by atoms with E-state index in [0.717, 1.165) is 21.9 Å². The van der Waals surface area contributed by atoms with Crippen molar-refractivity contribution in [1.82, 2.24) is 5.32 Å². The third-order valence-electron chi connectivity index (χ3n) is 4.14. The molecule has 0 bridgehead atoms. The molecule has 0 aromatic heterocycles. The molecule has 136 valence electrons. The Labute approximate surface area is 158 Å². The highest BCUT2D eigenvalue weighted by Gasteiger charge is 2.06. The third kappa shape index (κ3) is 5.05. The molecule has 3 aromatic carbocycles. The van der Waals surface area contributed by atoms with Crippen LogP contribution in [-0.2, 0) is 16.1 Å². The minimum absolute atomic E-state index is 0.105. The molecule has 4 heteroatoms. The monoisotopic (exact) mass is 359 g/mol. The van der Waals surface area contributed by atoms with Crippen molar-refractivity contribution in [3.05, 3.63) is 89.5 Å². The van der Waals surface area contributed by atoms with E-state index in [1.54, 1.807) is 13.0 Å². The predicted octanol–water partition coefficient (Wildman–Crippen LogP) is 4.35. The first-order chi connectivity index (χ1) is 13.2. The zero-order valence-corrected chi connectivity index (χ0v) is 15.1. The van der Waals surface area contributed by atoms with E-state index in [0.29, 0.717) is 18.7 Å². The van der Waals surface area contributed by atoms with Gasteiger partial charge in [0.1, 0.15) is 0 Å². The van der Waals surface area contributed by atoms with Crippen molar-refractivity contribution >= 4 is 28.7 Å². The maximum Gasteiger partial charge on any atom is 0.330 e. The van der Waals surface area contributed by atoms with Gasteiger partial charge in [0.2, 0.25) is 0 Å². The molecule has 0 aliphatic heterocycles. The van der Waals surface area contributed by atoms with Gasteiger partial charge in [0.05, 0.1) is 6.61 Å². The molecule has 0 fully saturated rings. The highest BCUT2D eigenvalue weighted by atomic mass is 16.5. The lowest BCUT2D eigenvalue weighted by Crippen LogP contribution is -2.22. The van der Waals surface area contributed by atoms with Gasteiger partial charge in [0.15, 0.2) is 0 Å². The van der Waals surface area contributed by atoms with Gasteiger partial charge in [-0.1, -0.05) is 54.6 Å². The van der Waals surface area contributed by atoms with Gasteiger partial charge < -0.3 is 10.1 Å². The van der Waals surface area contributed by atoms with Crippen LogP contribution in [0.25, 0.3) is 16.8 Å². The fraction of sp³-hybridized carbons (Fsp3) is 0.130. The molecule has 0 spiro atoms. The lowest BCUT2D eigenvalue weighted by atomic mass is 10.1. The molecule has 0 heterocycles.